The predicted octanol–water partition coefficient (Wildman–Crippen LogP) is 3.80. The van der Waals surface area contributed by atoms with Gasteiger partial charge in [0.05, 0.1) is 32.3 Å². The molecule has 1 heterocycles. The minimum atomic E-state index is -0.362. The molecule has 2 aromatic carbocycles. The fourth-order valence-corrected chi connectivity index (χ4v) is 2.46. The molecule has 0 aliphatic heterocycles. The van der Waals surface area contributed by atoms with Gasteiger partial charge in [-0.1, -0.05) is 12.1 Å². The van der Waals surface area contributed by atoms with Gasteiger partial charge in [0.25, 0.3) is 5.91 Å². The number of hydrogen-bond donors (Lipinski definition) is 2. The zero-order valence-corrected chi connectivity index (χ0v) is 15.3. The van der Waals surface area contributed by atoms with Gasteiger partial charge in [0.2, 0.25) is 0 Å². The van der Waals surface area contributed by atoms with Gasteiger partial charge in [0, 0.05) is 11.8 Å². The lowest BCUT2D eigenvalue weighted by molar-refractivity contribution is 0.102. The van der Waals surface area contributed by atoms with E-state index in [1.54, 1.807) is 20.3 Å². The molecule has 2 N–H and O–H groups in total. The number of rotatable bonds is 6. The highest BCUT2D eigenvalue weighted by Crippen LogP contribution is 2.25. The van der Waals surface area contributed by atoms with Crippen LogP contribution in [0, 0.1) is 6.92 Å². The minimum absolute atomic E-state index is 0.203. The van der Waals surface area contributed by atoms with Crippen molar-refractivity contribution in [2.45, 2.75) is 6.92 Å². The van der Waals surface area contributed by atoms with Crippen LogP contribution in [0.2, 0.25) is 0 Å². The van der Waals surface area contributed by atoms with Crippen molar-refractivity contribution < 1.29 is 14.3 Å². The molecule has 3 rings (SSSR count). The number of anilines is 3. The van der Waals surface area contributed by atoms with Crippen molar-refractivity contribution in [1.82, 2.24) is 9.97 Å². The third-order valence-corrected chi connectivity index (χ3v) is 3.83. The number of carbonyl (C=O) groups is 1. The monoisotopic (exact) mass is 364 g/mol. The minimum Gasteiger partial charge on any atom is -0.497 e. The van der Waals surface area contributed by atoms with Crippen molar-refractivity contribution in [1.29, 1.82) is 0 Å². The highest BCUT2D eigenvalue weighted by atomic mass is 16.5. The van der Waals surface area contributed by atoms with Crippen LogP contribution >= 0.6 is 0 Å². The molecule has 0 aliphatic carbocycles. The van der Waals surface area contributed by atoms with E-state index in [0.717, 1.165) is 17.0 Å². The molecule has 0 aliphatic rings. The quantitative estimate of drug-likeness (QED) is 0.692. The summed E-state index contributed by atoms with van der Waals surface area (Å²) in [4.78, 5) is 20.9. The van der Waals surface area contributed by atoms with Crippen LogP contribution in [0.4, 0.5) is 17.2 Å². The zero-order valence-electron chi connectivity index (χ0n) is 15.3. The fraction of sp³-hybridized carbons (Fsp3) is 0.150. The molecular weight excluding hydrogens is 344 g/mol. The van der Waals surface area contributed by atoms with Crippen molar-refractivity contribution in [3.05, 3.63) is 66.1 Å². The molecule has 0 spiro atoms. The number of ether oxygens (including phenoxy) is 2. The van der Waals surface area contributed by atoms with E-state index in [4.69, 9.17) is 9.47 Å². The molecule has 3 aromatic rings. The second-order valence-electron chi connectivity index (χ2n) is 5.80. The van der Waals surface area contributed by atoms with Gasteiger partial charge >= 0.3 is 0 Å². The third-order valence-electron chi connectivity index (χ3n) is 3.83. The number of aromatic nitrogens is 2. The summed E-state index contributed by atoms with van der Waals surface area (Å²) >= 11 is 0. The Bertz CT molecular complexity index is 942. The maximum atomic E-state index is 12.4. The van der Waals surface area contributed by atoms with Gasteiger partial charge in [-0.2, -0.15) is 0 Å². The van der Waals surface area contributed by atoms with E-state index >= 15 is 0 Å². The van der Waals surface area contributed by atoms with Gasteiger partial charge in [-0.25, -0.2) is 9.97 Å². The first-order chi connectivity index (χ1) is 13.1. The van der Waals surface area contributed by atoms with E-state index < -0.39 is 0 Å². The lowest BCUT2D eigenvalue weighted by Gasteiger charge is -2.11. The first kappa shape index (κ1) is 18.2. The molecule has 0 unspecified atom stereocenters. The van der Waals surface area contributed by atoms with Crippen LogP contribution in [0.15, 0.2) is 54.9 Å². The van der Waals surface area contributed by atoms with Crippen LogP contribution in [0.5, 0.6) is 11.5 Å². The first-order valence-electron chi connectivity index (χ1n) is 8.28. The van der Waals surface area contributed by atoms with E-state index in [-0.39, 0.29) is 11.6 Å². The Morgan fingerprint density at radius 1 is 1.00 bits per heavy atom. The molecular formula is C20H20N4O3. The summed E-state index contributed by atoms with van der Waals surface area (Å²) in [6.07, 6.45) is 2.92. The second kappa shape index (κ2) is 8.18. The van der Waals surface area contributed by atoms with Crippen molar-refractivity contribution >= 4 is 23.1 Å². The molecule has 0 saturated heterocycles. The SMILES string of the molecule is COc1cccc(Nc2cnc(C(=O)Nc3cc(C)ccc3OC)cn2)c1. The standard InChI is InChI=1S/C20H20N4O3/c1-13-7-8-18(27-3)16(9-13)24-20(25)17-11-22-19(12-21-17)23-14-5-4-6-15(10-14)26-2/h4-12H,1-3H3,(H,22,23)(H,24,25). The second-order valence-corrected chi connectivity index (χ2v) is 5.80. The number of aryl methyl sites for hydroxylation is 1. The van der Waals surface area contributed by atoms with Crippen molar-refractivity contribution in [2.75, 3.05) is 24.9 Å². The highest BCUT2D eigenvalue weighted by molar-refractivity contribution is 6.03. The van der Waals surface area contributed by atoms with Crippen LogP contribution in [-0.4, -0.2) is 30.1 Å². The average Bonchev–Trinajstić information content (AvgIpc) is 2.69. The largest absolute Gasteiger partial charge is 0.497 e. The lowest BCUT2D eigenvalue weighted by Crippen LogP contribution is -2.15. The number of carbonyl (C=O) groups excluding carboxylic acids is 1. The van der Waals surface area contributed by atoms with Crippen LogP contribution in [0.25, 0.3) is 0 Å². The molecule has 1 amide bonds. The van der Waals surface area contributed by atoms with E-state index in [1.165, 1.54) is 12.4 Å². The van der Waals surface area contributed by atoms with Gasteiger partial charge in [-0.05, 0) is 36.8 Å². The molecule has 0 radical (unpaired) electrons. The van der Waals surface area contributed by atoms with E-state index in [2.05, 4.69) is 20.6 Å². The average molecular weight is 364 g/mol. The Kier molecular flexibility index (Phi) is 5.51. The summed E-state index contributed by atoms with van der Waals surface area (Å²) in [5.41, 5.74) is 2.61. The number of hydrogen-bond acceptors (Lipinski definition) is 6. The Morgan fingerprint density at radius 2 is 1.85 bits per heavy atom. The van der Waals surface area contributed by atoms with Gasteiger partial charge in [0.1, 0.15) is 23.0 Å². The van der Waals surface area contributed by atoms with Crippen LogP contribution in [0.1, 0.15) is 16.1 Å². The summed E-state index contributed by atoms with van der Waals surface area (Å²) in [6.45, 7) is 1.94. The number of amides is 1. The van der Waals surface area contributed by atoms with Crippen LogP contribution < -0.4 is 20.1 Å². The fourth-order valence-electron chi connectivity index (χ4n) is 2.46. The summed E-state index contributed by atoms with van der Waals surface area (Å²) in [6, 6.07) is 13.0. The number of methoxy groups -OCH3 is 2. The maximum absolute atomic E-state index is 12.4. The Balaban J connectivity index is 1.71. The van der Waals surface area contributed by atoms with Gasteiger partial charge in [-0.3, -0.25) is 4.79 Å². The molecule has 0 atom stereocenters. The van der Waals surface area contributed by atoms with Crippen molar-refractivity contribution in [3.63, 3.8) is 0 Å². The van der Waals surface area contributed by atoms with Crippen LogP contribution in [-0.2, 0) is 0 Å². The lowest BCUT2D eigenvalue weighted by atomic mass is 10.2. The van der Waals surface area contributed by atoms with Gasteiger partial charge in [-0.15, -0.1) is 0 Å². The Hall–Kier alpha value is -3.61. The summed E-state index contributed by atoms with van der Waals surface area (Å²) < 4.78 is 10.5. The maximum Gasteiger partial charge on any atom is 0.275 e. The van der Waals surface area contributed by atoms with E-state index in [9.17, 15) is 4.79 Å². The summed E-state index contributed by atoms with van der Waals surface area (Å²) in [5, 5.41) is 5.91. The first-order valence-corrected chi connectivity index (χ1v) is 8.28. The molecule has 27 heavy (non-hydrogen) atoms. The van der Waals surface area contributed by atoms with Crippen molar-refractivity contribution in [3.8, 4) is 11.5 Å². The summed E-state index contributed by atoms with van der Waals surface area (Å²) in [5.74, 6) is 1.47. The van der Waals surface area contributed by atoms with E-state index in [0.29, 0.717) is 17.3 Å². The van der Waals surface area contributed by atoms with E-state index in [1.807, 2.05) is 43.3 Å². The number of nitrogens with zero attached hydrogens (tertiary/aromatic N) is 2. The smallest absolute Gasteiger partial charge is 0.275 e. The van der Waals surface area contributed by atoms with Gasteiger partial charge < -0.3 is 20.1 Å². The molecule has 0 fully saturated rings. The predicted molar refractivity (Wildman–Crippen MR) is 104 cm³/mol. The Labute approximate surface area is 157 Å². The Morgan fingerprint density at radius 3 is 2.56 bits per heavy atom. The highest BCUT2D eigenvalue weighted by Gasteiger charge is 2.12. The number of benzene rings is 2. The van der Waals surface area contributed by atoms with Crippen LogP contribution in [0.3, 0.4) is 0 Å². The molecule has 138 valence electrons. The molecule has 7 nitrogen and oxygen atoms in total. The molecule has 7 heteroatoms. The van der Waals surface area contributed by atoms with Crippen molar-refractivity contribution in [2.24, 2.45) is 0 Å². The summed E-state index contributed by atoms with van der Waals surface area (Å²) in [7, 11) is 3.16. The normalized spacial score (nSPS) is 10.2. The molecule has 0 saturated carbocycles. The van der Waals surface area contributed by atoms with Gasteiger partial charge in [0.15, 0.2) is 0 Å². The number of nitrogens with one attached hydrogen (secondary N) is 2. The molecule has 0 bridgehead atoms. The molecule has 1 aromatic heterocycles. The topological polar surface area (TPSA) is 85.4 Å². The zero-order chi connectivity index (χ0) is 19.2. The third kappa shape index (κ3) is 4.52.